The van der Waals surface area contributed by atoms with Crippen LogP contribution in [0.4, 0.5) is 0 Å². The molecule has 166 valence electrons. The minimum atomic E-state index is -0.455. The lowest BCUT2D eigenvalue weighted by molar-refractivity contribution is -0.120. The lowest BCUT2D eigenvalue weighted by Gasteiger charge is -2.09. The first kappa shape index (κ1) is 24.2. The van der Waals surface area contributed by atoms with Crippen LogP contribution in [0.3, 0.4) is 0 Å². The normalized spacial score (nSPS) is 10.6. The van der Waals surface area contributed by atoms with Crippen molar-refractivity contribution in [1.29, 1.82) is 0 Å². The van der Waals surface area contributed by atoms with Crippen molar-refractivity contribution in [2.24, 2.45) is 5.10 Å². The van der Waals surface area contributed by atoms with Crippen LogP contribution in [0.25, 0.3) is 0 Å². The van der Waals surface area contributed by atoms with E-state index in [1.54, 1.807) is 12.1 Å². The summed E-state index contributed by atoms with van der Waals surface area (Å²) in [4.78, 5) is 24.2. The summed E-state index contributed by atoms with van der Waals surface area (Å²) in [5, 5.41) is 6.45. The van der Waals surface area contributed by atoms with Gasteiger partial charge in [-0.15, -0.1) is 0 Å². The van der Waals surface area contributed by atoms with Crippen LogP contribution in [0.1, 0.15) is 35.7 Å². The highest BCUT2D eigenvalue weighted by Gasteiger charge is 2.11. The molecule has 2 N–H and O–H groups in total. The topological polar surface area (TPSA) is 98.2 Å². The first-order valence-electron chi connectivity index (χ1n) is 9.73. The molecule has 2 aromatic carbocycles. The quantitative estimate of drug-likeness (QED) is 0.284. The zero-order valence-electron chi connectivity index (χ0n) is 17.7. The van der Waals surface area contributed by atoms with Gasteiger partial charge in [-0.25, -0.2) is 5.43 Å². The molecule has 0 fully saturated rings. The van der Waals surface area contributed by atoms with Crippen LogP contribution in [0.2, 0.25) is 0 Å². The molecule has 0 radical (unpaired) electrons. The molecule has 2 amide bonds. The van der Waals surface area contributed by atoms with Crippen molar-refractivity contribution in [3.63, 3.8) is 0 Å². The predicted molar refractivity (Wildman–Crippen MR) is 122 cm³/mol. The number of methoxy groups -OCH3 is 2. The molecule has 2 aromatic rings. The molecular formula is C22H26BrN3O5. The number of ether oxygens (including phenoxy) is 3. The number of nitrogens with one attached hydrogen (secondary N) is 2. The number of hydrogen-bond donors (Lipinski definition) is 2. The molecule has 0 bridgehead atoms. The Morgan fingerprint density at radius 1 is 1.06 bits per heavy atom. The number of amides is 2. The summed E-state index contributed by atoms with van der Waals surface area (Å²) in [6.07, 6.45) is 3.57. The summed E-state index contributed by atoms with van der Waals surface area (Å²) in [6, 6.07) is 10.3. The van der Waals surface area contributed by atoms with Gasteiger partial charge in [0, 0.05) is 5.56 Å². The molecule has 0 heterocycles. The third-order valence-electron chi connectivity index (χ3n) is 4.17. The number of unbranched alkanes of at least 4 members (excludes halogenated alkanes) is 1. The summed E-state index contributed by atoms with van der Waals surface area (Å²) < 4.78 is 16.8. The Hall–Kier alpha value is -3.07. The van der Waals surface area contributed by atoms with Gasteiger partial charge in [-0.05, 0) is 64.3 Å². The molecule has 0 unspecified atom stereocenters. The summed E-state index contributed by atoms with van der Waals surface area (Å²) >= 11 is 3.46. The van der Waals surface area contributed by atoms with Gasteiger partial charge in [0.1, 0.15) is 5.75 Å². The largest absolute Gasteiger partial charge is 0.493 e. The number of halogens is 1. The predicted octanol–water partition coefficient (Wildman–Crippen LogP) is 3.53. The smallest absolute Gasteiger partial charge is 0.259 e. The Balaban J connectivity index is 1.83. The Bertz CT molecular complexity index is 933. The van der Waals surface area contributed by atoms with Crippen molar-refractivity contribution in [2.75, 3.05) is 27.4 Å². The van der Waals surface area contributed by atoms with Gasteiger partial charge in [0.05, 0.1) is 38.1 Å². The Morgan fingerprint density at radius 3 is 2.48 bits per heavy atom. The van der Waals surface area contributed by atoms with Crippen LogP contribution in [0.15, 0.2) is 46.0 Å². The van der Waals surface area contributed by atoms with E-state index in [0.717, 1.165) is 28.6 Å². The van der Waals surface area contributed by atoms with E-state index in [4.69, 9.17) is 14.2 Å². The van der Waals surface area contributed by atoms with Crippen LogP contribution in [-0.2, 0) is 4.79 Å². The Kier molecular flexibility index (Phi) is 9.83. The fourth-order valence-electron chi connectivity index (χ4n) is 2.50. The number of nitrogens with zero attached hydrogens (tertiary/aromatic N) is 1. The fraction of sp³-hybridized carbons (Fsp3) is 0.318. The second-order valence-corrected chi connectivity index (χ2v) is 7.29. The third-order valence-corrected chi connectivity index (χ3v) is 4.79. The molecule has 0 saturated carbocycles. The SMILES string of the molecule is CCCCOc1ccc(/C=N\NC(=O)CNC(=O)c2ccc(OC)c(OC)c2)cc1Br. The molecular weight excluding hydrogens is 466 g/mol. The maximum absolute atomic E-state index is 12.2. The highest BCUT2D eigenvalue weighted by atomic mass is 79.9. The van der Waals surface area contributed by atoms with Gasteiger partial charge >= 0.3 is 0 Å². The number of hydrazone groups is 1. The van der Waals surface area contributed by atoms with E-state index in [9.17, 15) is 9.59 Å². The lowest BCUT2D eigenvalue weighted by Crippen LogP contribution is -2.34. The monoisotopic (exact) mass is 491 g/mol. The molecule has 8 nitrogen and oxygen atoms in total. The first-order valence-corrected chi connectivity index (χ1v) is 10.5. The second kappa shape index (κ2) is 12.6. The summed E-state index contributed by atoms with van der Waals surface area (Å²) in [7, 11) is 2.99. The molecule has 0 aliphatic rings. The van der Waals surface area contributed by atoms with E-state index in [2.05, 4.69) is 38.7 Å². The molecule has 31 heavy (non-hydrogen) atoms. The maximum atomic E-state index is 12.2. The summed E-state index contributed by atoms with van der Waals surface area (Å²) in [5.74, 6) is 0.828. The Labute approximate surface area is 190 Å². The standard InChI is InChI=1S/C22H26BrN3O5/c1-4-5-10-31-18-8-6-15(11-17(18)23)13-25-26-21(27)14-24-22(28)16-7-9-19(29-2)20(12-16)30-3/h6-9,11-13H,4-5,10,14H2,1-3H3,(H,24,28)(H,26,27)/b25-13-. The van der Waals surface area contributed by atoms with Crippen LogP contribution in [0, 0.1) is 0 Å². The average Bonchev–Trinajstić information content (AvgIpc) is 2.78. The summed E-state index contributed by atoms with van der Waals surface area (Å²) in [5.41, 5.74) is 3.51. The first-order chi connectivity index (χ1) is 15.0. The molecule has 0 spiro atoms. The van der Waals surface area contributed by atoms with Gasteiger partial charge < -0.3 is 19.5 Å². The van der Waals surface area contributed by atoms with E-state index < -0.39 is 11.8 Å². The Morgan fingerprint density at radius 2 is 1.81 bits per heavy atom. The van der Waals surface area contributed by atoms with Crippen LogP contribution in [0.5, 0.6) is 17.2 Å². The van der Waals surface area contributed by atoms with Gasteiger partial charge in [-0.1, -0.05) is 13.3 Å². The van der Waals surface area contributed by atoms with Crippen molar-refractivity contribution < 1.29 is 23.8 Å². The maximum Gasteiger partial charge on any atom is 0.259 e. The van der Waals surface area contributed by atoms with Crippen molar-refractivity contribution in [1.82, 2.24) is 10.7 Å². The number of hydrogen-bond acceptors (Lipinski definition) is 6. The number of benzene rings is 2. The van der Waals surface area contributed by atoms with Gasteiger partial charge in [0.25, 0.3) is 11.8 Å². The zero-order valence-corrected chi connectivity index (χ0v) is 19.3. The molecule has 0 aliphatic carbocycles. The van der Waals surface area contributed by atoms with E-state index in [0.29, 0.717) is 23.7 Å². The lowest BCUT2D eigenvalue weighted by atomic mass is 10.2. The fourth-order valence-corrected chi connectivity index (χ4v) is 3.01. The van der Waals surface area contributed by atoms with Crippen LogP contribution in [-0.4, -0.2) is 45.4 Å². The molecule has 0 aliphatic heterocycles. The third kappa shape index (κ3) is 7.60. The average molecular weight is 492 g/mol. The van der Waals surface area contributed by atoms with Crippen LogP contribution < -0.4 is 25.0 Å². The van der Waals surface area contributed by atoms with E-state index in [1.165, 1.54) is 26.5 Å². The highest BCUT2D eigenvalue weighted by Crippen LogP contribution is 2.27. The van der Waals surface area contributed by atoms with Gasteiger partial charge in [-0.3, -0.25) is 9.59 Å². The minimum Gasteiger partial charge on any atom is -0.493 e. The molecule has 0 aromatic heterocycles. The number of carbonyl (C=O) groups is 2. The van der Waals surface area contributed by atoms with Crippen molar-refractivity contribution in [3.8, 4) is 17.2 Å². The summed E-state index contributed by atoms with van der Waals surface area (Å²) in [6.45, 7) is 2.54. The van der Waals surface area contributed by atoms with Gasteiger partial charge in [-0.2, -0.15) is 5.10 Å². The second-order valence-electron chi connectivity index (χ2n) is 6.44. The highest BCUT2D eigenvalue weighted by molar-refractivity contribution is 9.10. The van der Waals surface area contributed by atoms with Gasteiger partial charge in [0.15, 0.2) is 11.5 Å². The van der Waals surface area contributed by atoms with Gasteiger partial charge in [0.2, 0.25) is 0 Å². The van der Waals surface area contributed by atoms with Crippen molar-refractivity contribution in [3.05, 3.63) is 52.0 Å². The van der Waals surface area contributed by atoms with E-state index in [1.807, 2.05) is 18.2 Å². The van der Waals surface area contributed by atoms with E-state index in [-0.39, 0.29) is 6.54 Å². The van der Waals surface area contributed by atoms with Crippen molar-refractivity contribution in [2.45, 2.75) is 19.8 Å². The minimum absolute atomic E-state index is 0.224. The van der Waals surface area contributed by atoms with Crippen molar-refractivity contribution >= 4 is 34.0 Å². The van der Waals surface area contributed by atoms with Crippen LogP contribution >= 0.6 is 15.9 Å². The molecule has 9 heteroatoms. The van der Waals surface area contributed by atoms with E-state index >= 15 is 0 Å². The molecule has 0 atom stereocenters. The molecule has 2 rings (SSSR count). The molecule has 0 saturated heterocycles. The number of rotatable bonds is 11. The number of carbonyl (C=O) groups excluding carboxylic acids is 2. The zero-order chi connectivity index (χ0) is 22.6.